The molecule has 0 bridgehead atoms. The Morgan fingerprint density at radius 1 is 1.05 bits per heavy atom. The molecule has 2 atom stereocenters. The van der Waals surface area contributed by atoms with Gasteiger partial charge in [0, 0.05) is 0 Å². The van der Waals surface area contributed by atoms with Crippen molar-refractivity contribution < 1.29 is 24.9 Å². The third kappa shape index (κ3) is 6.54. The summed E-state index contributed by atoms with van der Waals surface area (Å²) in [6.45, 7) is 3.55. The van der Waals surface area contributed by atoms with E-state index in [2.05, 4.69) is 0 Å². The molecule has 0 heterocycles. The molecule has 0 radical (unpaired) electrons. The maximum Gasteiger partial charge on any atom is 0.337 e. The third-order valence-corrected chi connectivity index (χ3v) is 2.35. The van der Waals surface area contributed by atoms with Crippen LogP contribution in [0.15, 0.2) is 30.3 Å². The summed E-state index contributed by atoms with van der Waals surface area (Å²) in [4.78, 5) is 20.3. The standard InChI is InChI=1S/C8H8O3.C5H11NO2/c9-7(8(10)11)6-4-2-1-3-5-6;1-3(2)4(6)5(7)8/h1-5,7,9H,(H,10,11);3-4H,6H2,1-2H3,(H,7,8). The van der Waals surface area contributed by atoms with Crippen LogP contribution in [-0.2, 0) is 9.59 Å². The minimum atomic E-state index is -1.41. The van der Waals surface area contributed by atoms with Gasteiger partial charge in [-0.3, -0.25) is 4.79 Å². The second-order valence-corrected chi connectivity index (χ2v) is 4.26. The largest absolute Gasteiger partial charge is 0.480 e. The van der Waals surface area contributed by atoms with Crippen LogP contribution in [0.25, 0.3) is 0 Å². The molecule has 1 aromatic rings. The first-order valence-corrected chi connectivity index (χ1v) is 5.71. The average molecular weight is 269 g/mol. The zero-order valence-electron chi connectivity index (χ0n) is 10.9. The van der Waals surface area contributed by atoms with Gasteiger partial charge in [0.25, 0.3) is 0 Å². The molecule has 1 aromatic carbocycles. The van der Waals surface area contributed by atoms with Gasteiger partial charge in [-0.15, -0.1) is 0 Å². The molecular weight excluding hydrogens is 250 g/mol. The van der Waals surface area contributed by atoms with Crippen LogP contribution in [0.4, 0.5) is 0 Å². The molecule has 0 aliphatic heterocycles. The van der Waals surface area contributed by atoms with Gasteiger partial charge in [-0.25, -0.2) is 4.79 Å². The van der Waals surface area contributed by atoms with Crippen molar-refractivity contribution in [2.24, 2.45) is 11.7 Å². The molecule has 1 rings (SSSR count). The normalized spacial score (nSPS) is 13.1. The van der Waals surface area contributed by atoms with Crippen LogP contribution in [0.5, 0.6) is 0 Å². The predicted octanol–water partition coefficient (Wildman–Crippen LogP) is 0.859. The van der Waals surface area contributed by atoms with E-state index in [9.17, 15) is 9.59 Å². The molecule has 2 unspecified atom stereocenters. The molecule has 0 amide bonds. The van der Waals surface area contributed by atoms with Crippen molar-refractivity contribution in [1.82, 2.24) is 0 Å². The fourth-order valence-corrected chi connectivity index (χ4v) is 1.06. The SMILES string of the molecule is CC(C)C(N)C(=O)O.O=C(O)C(O)c1ccccc1. The Bertz CT molecular complexity index is 405. The molecule has 0 fully saturated rings. The van der Waals surface area contributed by atoms with Crippen LogP contribution in [0.2, 0.25) is 0 Å². The van der Waals surface area contributed by atoms with E-state index in [1.807, 2.05) is 0 Å². The highest BCUT2D eigenvalue weighted by atomic mass is 16.4. The predicted molar refractivity (Wildman–Crippen MR) is 69.5 cm³/mol. The van der Waals surface area contributed by atoms with Crippen LogP contribution >= 0.6 is 0 Å². The number of aliphatic hydroxyl groups is 1. The number of hydrogen-bond acceptors (Lipinski definition) is 4. The summed E-state index contributed by atoms with van der Waals surface area (Å²) in [6, 6.07) is 7.55. The van der Waals surface area contributed by atoms with Crippen LogP contribution in [0.3, 0.4) is 0 Å². The van der Waals surface area contributed by atoms with Crippen molar-refractivity contribution in [3.63, 3.8) is 0 Å². The van der Waals surface area contributed by atoms with Crippen molar-refractivity contribution in [1.29, 1.82) is 0 Å². The molecule has 6 heteroatoms. The Balaban J connectivity index is 0.000000362. The highest BCUT2D eigenvalue weighted by Crippen LogP contribution is 2.10. The van der Waals surface area contributed by atoms with Gasteiger partial charge in [0.1, 0.15) is 6.04 Å². The number of carboxylic acids is 2. The summed E-state index contributed by atoms with van der Waals surface area (Å²) in [5.41, 5.74) is 5.56. The van der Waals surface area contributed by atoms with E-state index < -0.39 is 24.1 Å². The molecule has 6 nitrogen and oxygen atoms in total. The number of carbonyl (C=O) groups is 2. The van der Waals surface area contributed by atoms with Crippen molar-refractivity contribution in [3.05, 3.63) is 35.9 Å². The molecule has 5 N–H and O–H groups in total. The van der Waals surface area contributed by atoms with E-state index in [1.165, 1.54) is 0 Å². The average Bonchev–Trinajstić information content (AvgIpc) is 2.38. The Hall–Kier alpha value is -1.92. The zero-order chi connectivity index (χ0) is 15.0. The lowest BCUT2D eigenvalue weighted by Crippen LogP contribution is -2.34. The lowest BCUT2D eigenvalue weighted by atomic mass is 10.1. The Morgan fingerprint density at radius 3 is 1.79 bits per heavy atom. The van der Waals surface area contributed by atoms with E-state index in [0.29, 0.717) is 5.56 Å². The summed E-state index contributed by atoms with van der Waals surface area (Å²) in [5.74, 6) is -2.14. The fraction of sp³-hybridized carbons (Fsp3) is 0.385. The van der Waals surface area contributed by atoms with Crippen molar-refractivity contribution in [2.75, 3.05) is 0 Å². The lowest BCUT2D eigenvalue weighted by Gasteiger charge is -2.07. The zero-order valence-corrected chi connectivity index (χ0v) is 10.9. The molecule has 0 spiro atoms. The van der Waals surface area contributed by atoms with Gasteiger partial charge in [-0.2, -0.15) is 0 Å². The molecule has 106 valence electrons. The smallest absolute Gasteiger partial charge is 0.337 e. The Labute approximate surface area is 111 Å². The summed E-state index contributed by atoms with van der Waals surface area (Å²) < 4.78 is 0. The molecular formula is C13H19NO5. The van der Waals surface area contributed by atoms with Gasteiger partial charge in [0.2, 0.25) is 0 Å². The minimum absolute atomic E-state index is 0.0208. The first kappa shape index (κ1) is 17.1. The Kier molecular flexibility index (Phi) is 7.40. The highest BCUT2D eigenvalue weighted by molar-refractivity contribution is 5.74. The van der Waals surface area contributed by atoms with Crippen LogP contribution in [0, 0.1) is 5.92 Å². The van der Waals surface area contributed by atoms with Gasteiger partial charge in [0.15, 0.2) is 6.10 Å². The van der Waals surface area contributed by atoms with Gasteiger partial charge >= 0.3 is 11.9 Å². The van der Waals surface area contributed by atoms with E-state index in [-0.39, 0.29) is 5.92 Å². The number of nitrogens with two attached hydrogens (primary N) is 1. The summed E-state index contributed by atoms with van der Waals surface area (Å²) in [7, 11) is 0. The number of aliphatic carboxylic acids is 2. The van der Waals surface area contributed by atoms with Crippen LogP contribution in [-0.4, -0.2) is 33.3 Å². The second kappa shape index (κ2) is 8.23. The van der Waals surface area contributed by atoms with Gasteiger partial charge in [-0.05, 0) is 11.5 Å². The topological polar surface area (TPSA) is 121 Å². The number of hydrogen-bond donors (Lipinski definition) is 4. The minimum Gasteiger partial charge on any atom is -0.480 e. The maximum atomic E-state index is 10.2. The lowest BCUT2D eigenvalue weighted by molar-refractivity contribution is -0.147. The summed E-state index contributed by atoms with van der Waals surface area (Å²) in [5, 5.41) is 25.6. The van der Waals surface area contributed by atoms with E-state index >= 15 is 0 Å². The number of rotatable bonds is 4. The van der Waals surface area contributed by atoms with E-state index in [0.717, 1.165) is 0 Å². The summed E-state index contributed by atoms with van der Waals surface area (Å²) in [6.07, 6.45) is -1.41. The molecule has 0 saturated heterocycles. The fourth-order valence-electron chi connectivity index (χ4n) is 1.06. The first-order valence-electron chi connectivity index (χ1n) is 5.71. The first-order chi connectivity index (χ1) is 8.77. The van der Waals surface area contributed by atoms with Crippen molar-refractivity contribution >= 4 is 11.9 Å². The number of benzene rings is 1. The molecule has 0 aliphatic carbocycles. The van der Waals surface area contributed by atoms with Crippen LogP contribution in [0.1, 0.15) is 25.5 Å². The van der Waals surface area contributed by atoms with Crippen molar-refractivity contribution in [2.45, 2.75) is 26.0 Å². The highest BCUT2D eigenvalue weighted by Gasteiger charge is 2.14. The maximum absolute atomic E-state index is 10.2. The van der Waals surface area contributed by atoms with Gasteiger partial charge in [0.05, 0.1) is 0 Å². The van der Waals surface area contributed by atoms with E-state index in [4.69, 9.17) is 21.1 Å². The summed E-state index contributed by atoms with van der Waals surface area (Å²) >= 11 is 0. The quantitative estimate of drug-likeness (QED) is 0.643. The third-order valence-electron chi connectivity index (χ3n) is 2.35. The van der Waals surface area contributed by atoms with E-state index in [1.54, 1.807) is 44.2 Å². The molecule has 0 aliphatic rings. The number of aliphatic hydroxyl groups excluding tert-OH is 1. The molecule has 0 saturated carbocycles. The van der Waals surface area contributed by atoms with Crippen LogP contribution < -0.4 is 5.73 Å². The van der Waals surface area contributed by atoms with Gasteiger partial charge < -0.3 is 21.1 Å². The second-order valence-electron chi connectivity index (χ2n) is 4.26. The Morgan fingerprint density at radius 2 is 1.53 bits per heavy atom. The monoisotopic (exact) mass is 269 g/mol. The van der Waals surface area contributed by atoms with Crippen molar-refractivity contribution in [3.8, 4) is 0 Å². The molecule has 19 heavy (non-hydrogen) atoms. The molecule has 0 aromatic heterocycles. The van der Waals surface area contributed by atoms with Gasteiger partial charge in [-0.1, -0.05) is 44.2 Å². The number of carboxylic acid groups (broad SMARTS) is 2.